The maximum absolute atomic E-state index is 13.1. The molecule has 2 atom stereocenters. The molecule has 4 rings (SSSR count). The Morgan fingerprint density at radius 1 is 1.19 bits per heavy atom. The SMILES string of the molecule is CCOC(=O)C1=C(CN2C(=O)NC(C)(c3ccco3)C2=O)NC(=O)NC1c1ccco1. The normalized spacial score (nSPS) is 23.5. The molecule has 162 valence electrons. The van der Waals surface area contributed by atoms with E-state index >= 15 is 0 Å². The molecule has 0 bridgehead atoms. The number of urea groups is 2. The number of esters is 1. The van der Waals surface area contributed by atoms with Crippen molar-refractivity contribution in [3.8, 4) is 0 Å². The van der Waals surface area contributed by atoms with Crippen molar-refractivity contribution in [1.29, 1.82) is 0 Å². The van der Waals surface area contributed by atoms with E-state index in [1.165, 1.54) is 19.5 Å². The van der Waals surface area contributed by atoms with Crippen LogP contribution in [0.25, 0.3) is 0 Å². The molecular weight excluding hydrogens is 408 g/mol. The summed E-state index contributed by atoms with van der Waals surface area (Å²) in [5, 5.41) is 7.72. The Labute approximate surface area is 176 Å². The van der Waals surface area contributed by atoms with Gasteiger partial charge in [0.2, 0.25) is 0 Å². The highest BCUT2D eigenvalue weighted by Crippen LogP contribution is 2.32. The number of furan rings is 2. The number of imide groups is 1. The summed E-state index contributed by atoms with van der Waals surface area (Å²) in [5.74, 6) is -0.749. The van der Waals surface area contributed by atoms with Gasteiger partial charge in [-0.25, -0.2) is 14.4 Å². The van der Waals surface area contributed by atoms with Crippen LogP contribution in [0.4, 0.5) is 9.59 Å². The van der Waals surface area contributed by atoms with Gasteiger partial charge in [-0.3, -0.25) is 9.69 Å². The quantitative estimate of drug-likeness (QED) is 0.467. The van der Waals surface area contributed by atoms with Gasteiger partial charge in [0, 0.05) is 0 Å². The average Bonchev–Trinajstić information content (AvgIpc) is 3.48. The van der Waals surface area contributed by atoms with E-state index in [0.29, 0.717) is 5.76 Å². The van der Waals surface area contributed by atoms with Crippen LogP contribution in [-0.2, 0) is 19.9 Å². The summed E-state index contributed by atoms with van der Waals surface area (Å²) in [7, 11) is 0. The summed E-state index contributed by atoms with van der Waals surface area (Å²) in [6.45, 7) is 2.88. The molecule has 2 aliphatic rings. The number of carbonyl (C=O) groups excluding carboxylic acids is 4. The van der Waals surface area contributed by atoms with Crippen LogP contribution >= 0.6 is 0 Å². The molecule has 5 amide bonds. The zero-order chi connectivity index (χ0) is 22.2. The predicted molar refractivity (Wildman–Crippen MR) is 103 cm³/mol. The van der Waals surface area contributed by atoms with Crippen LogP contribution in [0.2, 0.25) is 0 Å². The second-order valence-electron chi connectivity index (χ2n) is 7.08. The molecular formula is C20H20N4O7. The van der Waals surface area contributed by atoms with Gasteiger partial charge in [-0.15, -0.1) is 0 Å². The van der Waals surface area contributed by atoms with Gasteiger partial charge in [-0.1, -0.05) is 0 Å². The van der Waals surface area contributed by atoms with Gasteiger partial charge in [0.05, 0.1) is 36.9 Å². The maximum atomic E-state index is 13.1. The highest BCUT2D eigenvalue weighted by atomic mass is 16.5. The summed E-state index contributed by atoms with van der Waals surface area (Å²) in [6.07, 6.45) is 2.79. The van der Waals surface area contributed by atoms with Gasteiger partial charge >= 0.3 is 18.0 Å². The third-order valence-electron chi connectivity index (χ3n) is 5.08. The number of nitrogens with zero attached hydrogens (tertiary/aromatic N) is 1. The van der Waals surface area contributed by atoms with Crippen LogP contribution in [0.1, 0.15) is 31.4 Å². The Morgan fingerprint density at radius 3 is 2.58 bits per heavy atom. The van der Waals surface area contributed by atoms with Crippen LogP contribution in [0.15, 0.2) is 56.9 Å². The maximum Gasteiger partial charge on any atom is 0.338 e. The smallest absolute Gasteiger partial charge is 0.338 e. The molecule has 1 fully saturated rings. The summed E-state index contributed by atoms with van der Waals surface area (Å²) in [5.41, 5.74) is -1.33. The number of hydrogen-bond acceptors (Lipinski definition) is 7. The fourth-order valence-corrected chi connectivity index (χ4v) is 3.59. The molecule has 31 heavy (non-hydrogen) atoms. The van der Waals surface area contributed by atoms with Gasteiger partial charge < -0.3 is 29.5 Å². The fraction of sp³-hybridized carbons (Fsp3) is 0.300. The number of ether oxygens (including phenoxy) is 1. The highest BCUT2D eigenvalue weighted by molar-refractivity contribution is 6.07. The van der Waals surface area contributed by atoms with Crippen molar-refractivity contribution in [2.24, 2.45) is 0 Å². The minimum atomic E-state index is -1.41. The topological polar surface area (TPSA) is 143 Å². The predicted octanol–water partition coefficient (Wildman–Crippen LogP) is 1.51. The van der Waals surface area contributed by atoms with E-state index in [9.17, 15) is 19.2 Å². The molecule has 11 nitrogen and oxygen atoms in total. The monoisotopic (exact) mass is 428 g/mol. The van der Waals surface area contributed by atoms with E-state index in [-0.39, 0.29) is 30.2 Å². The Kier molecular flexibility index (Phi) is 5.01. The van der Waals surface area contributed by atoms with Crippen LogP contribution in [0.5, 0.6) is 0 Å². The minimum absolute atomic E-state index is 0.0311. The lowest BCUT2D eigenvalue weighted by atomic mass is 9.98. The molecule has 4 heterocycles. The van der Waals surface area contributed by atoms with Gasteiger partial charge in [-0.2, -0.15) is 0 Å². The van der Waals surface area contributed by atoms with Crippen LogP contribution in [-0.4, -0.2) is 42.0 Å². The largest absolute Gasteiger partial charge is 0.467 e. The van der Waals surface area contributed by atoms with Crippen molar-refractivity contribution < 1.29 is 32.7 Å². The summed E-state index contributed by atoms with van der Waals surface area (Å²) < 4.78 is 15.8. The number of carbonyl (C=O) groups is 4. The van der Waals surface area contributed by atoms with E-state index in [2.05, 4.69) is 16.0 Å². The van der Waals surface area contributed by atoms with Crippen molar-refractivity contribution in [1.82, 2.24) is 20.9 Å². The third kappa shape index (κ3) is 3.43. The van der Waals surface area contributed by atoms with Gasteiger partial charge in [-0.05, 0) is 38.1 Å². The lowest BCUT2D eigenvalue weighted by Gasteiger charge is -2.29. The lowest BCUT2D eigenvalue weighted by molar-refractivity contribution is -0.139. The Hall–Kier alpha value is -4.02. The number of nitrogens with one attached hydrogen (secondary N) is 3. The Balaban J connectivity index is 1.72. The van der Waals surface area contributed by atoms with E-state index in [4.69, 9.17) is 13.6 Å². The summed E-state index contributed by atoms with van der Waals surface area (Å²) in [6, 6.07) is 4.12. The number of hydrogen-bond donors (Lipinski definition) is 3. The molecule has 2 aromatic heterocycles. The molecule has 3 N–H and O–H groups in total. The van der Waals surface area contributed by atoms with E-state index < -0.39 is 35.5 Å². The van der Waals surface area contributed by atoms with E-state index in [0.717, 1.165) is 4.90 Å². The number of amides is 5. The number of rotatable bonds is 6. The molecule has 2 aromatic rings. The first-order valence-electron chi connectivity index (χ1n) is 9.54. The van der Waals surface area contributed by atoms with Crippen LogP contribution in [0, 0.1) is 0 Å². The standard InChI is InChI=1S/C20H20N4O7/c1-3-29-16(25)14-11(21-18(27)22-15(14)12-6-4-8-30-12)10-24-17(26)20(2,23-19(24)28)13-7-5-9-31-13/h4-9,15H,3,10H2,1-2H3,(H,23,28)(H2,21,22,27). The molecule has 0 aromatic carbocycles. The third-order valence-corrected chi connectivity index (χ3v) is 5.08. The van der Waals surface area contributed by atoms with Crippen LogP contribution in [0.3, 0.4) is 0 Å². The first-order chi connectivity index (χ1) is 14.8. The van der Waals surface area contributed by atoms with Crippen molar-refractivity contribution in [3.63, 3.8) is 0 Å². The van der Waals surface area contributed by atoms with E-state index in [1.54, 1.807) is 31.2 Å². The second-order valence-corrected chi connectivity index (χ2v) is 7.08. The fourth-order valence-electron chi connectivity index (χ4n) is 3.59. The molecule has 0 aliphatic carbocycles. The first-order valence-corrected chi connectivity index (χ1v) is 9.54. The van der Waals surface area contributed by atoms with E-state index in [1.807, 2.05) is 0 Å². The zero-order valence-electron chi connectivity index (χ0n) is 16.8. The summed E-state index contributed by atoms with van der Waals surface area (Å²) in [4.78, 5) is 51.7. The van der Waals surface area contributed by atoms with Gasteiger partial charge in [0.25, 0.3) is 5.91 Å². The molecule has 1 saturated heterocycles. The summed E-state index contributed by atoms with van der Waals surface area (Å²) >= 11 is 0. The molecule has 2 aliphatic heterocycles. The molecule has 0 radical (unpaired) electrons. The highest BCUT2D eigenvalue weighted by Gasteiger charge is 2.51. The molecule has 0 saturated carbocycles. The van der Waals surface area contributed by atoms with Gasteiger partial charge in [0.15, 0.2) is 5.54 Å². The van der Waals surface area contributed by atoms with Crippen LogP contribution < -0.4 is 16.0 Å². The molecule has 11 heteroatoms. The van der Waals surface area contributed by atoms with Crippen molar-refractivity contribution >= 4 is 23.9 Å². The Morgan fingerprint density at radius 2 is 1.94 bits per heavy atom. The van der Waals surface area contributed by atoms with Crippen molar-refractivity contribution in [2.45, 2.75) is 25.4 Å². The lowest BCUT2D eigenvalue weighted by Crippen LogP contribution is -2.49. The van der Waals surface area contributed by atoms with Crippen molar-refractivity contribution in [2.75, 3.05) is 13.2 Å². The molecule has 2 unspecified atom stereocenters. The van der Waals surface area contributed by atoms with Crippen molar-refractivity contribution in [3.05, 3.63) is 59.6 Å². The second kappa shape index (κ2) is 7.67. The first kappa shape index (κ1) is 20.3. The molecule has 0 spiro atoms. The minimum Gasteiger partial charge on any atom is -0.467 e. The zero-order valence-corrected chi connectivity index (χ0v) is 16.8. The Bertz CT molecular complexity index is 1060. The van der Waals surface area contributed by atoms with Gasteiger partial charge in [0.1, 0.15) is 17.6 Å². The average molecular weight is 428 g/mol.